The highest BCUT2D eigenvalue weighted by molar-refractivity contribution is 7.80. The van der Waals surface area contributed by atoms with Gasteiger partial charge < -0.3 is 5.32 Å². The average Bonchev–Trinajstić information content (AvgIpc) is 2.89. The molecule has 2 heteroatoms. The molecular formula is C19H15NS. The van der Waals surface area contributed by atoms with Gasteiger partial charge in [-0.1, -0.05) is 36.4 Å². The molecule has 0 amide bonds. The number of rotatable bonds is 2. The maximum absolute atomic E-state index is 4.33. The van der Waals surface area contributed by atoms with Gasteiger partial charge in [-0.15, -0.1) is 12.6 Å². The lowest BCUT2D eigenvalue weighted by Crippen LogP contribution is -1.95. The number of hydrogen-bond acceptors (Lipinski definition) is 2. The van der Waals surface area contributed by atoms with E-state index in [1.54, 1.807) is 0 Å². The SMILES string of the molecule is Sc1ccc(Nc2cccc3c2Cc2ccccc2-3)cc1. The lowest BCUT2D eigenvalue weighted by molar-refractivity contribution is 1.26. The minimum Gasteiger partial charge on any atom is -0.355 e. The van der Waals surface area contributed by atoms with Crippen LogP contribution in [0, 0.1) is 0 Å². The van der Waals surface area contributed by atoms with Crippen LogP contribution < -0.4 is 5.32 Å². The van der Waals surface area contributed by atoms with Crippen LogP contribution in [0.15, 0.2) is 71.6 Å². The molecule has 0 fully saturated rings. The van der Waals surface area contributed by atoms with Gasteiger partial charge in [-0.05, 0) is 52.6 Å². The maximum Gasteiger partial charge on any atom is 0.0426 e. The first-order chi connectivity index (χ1) is 10.3. The van der Waals surface area contributed by atoms with E-state index in [0.29, 0.717) is 0 Å². The van der Waals surface area contributed by atoms with Crippen molar-refractivity contribution in [2.24, 2.45) is 0 Å². The minimum atomic E-state index is 0.978. The van der Waals surface area contributed by atoms with Gasteiger partial charge in [0.15, 0.2) is 0 Å². The lowest BCUT2D eigenvalue weighted by Gasteiger charge is -2.11. The summed E-state index contributed by atoms with van der Waals surface area (Å²) >= 11 is 4.33. The van der Waals surface area contributed by atoms with E-state index in [1.165, 1.54) is 27.9 Å². The third kappa shape index (κ3) is 2.22. The molecule has 0 saturated heterocycles. The van der Waals surface area contributed by atoms with Gasteiger partial charge in [0, 0.05) is 22.7 Å². The summed E-state index contributed by atoms with van der Waals surface area (Å²) in [5.41, 5.74) is 7.79. The smallest absolute Gasteiger partial charge is 0.0426 e. The van der Waals surface area contributed by atoms with Crippen LogP contribution in [0.4, 0.5) is 11.4 Å². The Morgan fingerprint density at radius 2 is 1.52 bits per heavy atom. The molecule has 0 unspecified atom stereocenters. The number of thiol groups is 1. The predicted octanol–water partition coefficient (Wildman–Crippen LogP) is 5.29. The molecule has 0 radical (unpaired) electrons. The van der Waals surface area contributed by atoms with Crippen LogP contribution in [0.1, 0.15) is 11.1 Å². The Morgan fingerprint density at radius 1 is 0.762 bits per heavy atom. The first-order valence-corrected chi connectivity index (χ1v) is 7.52. The van der Waals surface area contributed by atoms with Crippen molar-refractivity contribution in [1.29, 1.82) is 0 Å². The first kappa shape index (κ1) is 12.5. The molecule has 0 aromatic heterocycles. The topological polar surface area (TPSA) is 12.0 Å². The summed E-state index contributed by atoms with van der Waals surface area (Å²) < 4.78 is 0. The van der Waals surface area contributed by atoms with Gasteiger partial charge in [0.1, 0.15) is 0 Å². The maximum atomic E-state index is 4.33. The fourth-order valence-corrected chi connectivity index (χ4v) is 3.12. The van der Waals surface area contributed by atoms with Gasteiger partial charge in [-0.25, -0.2) is 0 Å². The van der Waals surface area contributed by atoms with Gasteiger partial charge in [0.2, 0.25) is 0 Å². The molecule has 1 N–H and O–H groups in total. The monoisotopic (exact) mass is 289 g/mol. The molecule has 0 spiro atoms. The van der Waals surface area contributed by atoms with Crippen LogP contribution in [0.2, 0.25) is 0 Å². The average molecular weight is 289 g/mol. The van der Waals surface area contributed by atoms with Crippen molar-refractivity contribution in [2.45, 2.75) is 11.3 Å². The highest BCUT2D eigenvalue weighted by atomic mass is 32.1. The normalized spacial score (nSPS) is 11.9. The quantitative estimate of drug-likeness (QED) is 0.478. The van der Waals surface area contributed by atoms with Gasteiger partial charge in [0.05, 0.1) is 0 Å². The molecule has 3 aromatic carbocycles. The molecule has 4 rings (SSSR count). The molecule has 0 saturated carbocycles. The van der Waals surface area contributed by atoms with Crippen molar-refractivity contribution in [3.05, 3.63) is 77.9 Å². The molecule has 102 valence electrons. The molecular weight excluding hydrogens is 274 g/mol. The summed E-state index contributed by atoms with van der Waals surface area (Å²) in [6, 6.07) is 23.3. The van der Waals surface area contributed by atoms with Crippen LogP contribution in [-0.2, 0) is 6.42 Å². The largest absolute Gasteiger partial charge is 0.355 e. The number of benzene rings is 3. The second-order valence-electron chi connectivity index (χ2n) is 5.34. The van der Waals surface area contributed by atoms with Crippen LogP contribution in [0.25, 0.3) is 11.1 Å². The molecule has 1 aliphatic rings. The third-order valence-electron chi connectivity index (χ3n) is 4.00. The predicted molar refractivity (Wildman–Crippen MR) is 91.7 cm³/mol. The summed E-state index contributed by atoms with van der Waals surface area (Å²) in [7, 11) is 0. The second kappa shape index (κ2) is 4.97. The Kier molecular flexibility index (Phi) is 2.97. The van der Waals surface area contributed by atoms with Gasteiger partial charge >= 0.3 is 0 Å². The molecule has 0 heterocycles. The van der Waals surface area contributed by atoms with Crippen LogP contribution >= 0.6 is 12.6 Å². The van der Waals surface area contributed by atoms with E-state index in [9.17, 15) is 0 Å². The molecule has 21 heavy (non-hydrogen) atoms. The zero-order valence-electron chi connectivity index (χ0n) is 11.5. The first-order valence-electron chi connectivity index (χ1n) is 7.07. The molecule has 1 aliphatic carbocycles. The third-order valence-corrected chi connectivity index (χ3v) is 4.30. The number of anilines is 2. The molecule has 3 aromatic rings. The summed E-state index contributed by atoms with van der Waals surface area (Å²) in [6.45, 7) is 0. The van der Waals surface area contributed by atoms with E-state index < -0.39 is 0 Å². The Morgan fingerprint density at radius 3 is 2.38 bits per heavy atom. The summed E-state index contributed by atoms with van der Waals surface area (Å²) in [5.74, 6) is 0. The number of nitrogens with one attached hydrogen (secondary N) is 1. The Hall–Kier alpha value is -2.19. The highest BCUT2D eigenvalue weighted by Crippen LogP contribution is 2.40. The lowest BCUT2D eigenvalue weighted by atomic mass is 10.0. The van der Waals surface area contributed by atoms with Crippen LogP contribution in [0.3, 0.4) is 0 Å². The molecule has 0 atom stereocenters. The van der Waals surface area contributed by atoms with Gasteiger partial charge in [0.25, 0.3) is 0 Å². The summed E-state index contributed by atoms with van der Waals surface area (Å²) in [4.78, 5) is 0.978. The van der Waals surface area contributed by atoms with Gasteiger partial charge in [-0.3, -0.25) is 0 Å². The van der Waals surface area contributed by atoms with Crippen LogP contribution in [0.5, 0.6) is 0 Å². The van der Waals surface area contributed by atoms with E-state index in [1.807, 2.05) is 12.1 Å². The molecule has 0 aliphatic heterocycles. The Bertz CT molecular complexity index is 806. The van der Waals surface area contributed by atoms with Crippen molar-refractivity contribution in [3.63, 3.8) is 0 Å². The fraction of sp³-hybridized carbons (Fsp3) is 0.0526. The number of fused-ring (bicyclic) bond motifs is 3. The molecule has 1 nitrogen and oxygen atoms in total. The van der Waals surface area contributed by atoms with Gasteiger partial charge in [-0.2, -0.15) is 0 Å². The highest BCUT2D eigenvalue weighted by Gasteiger charge is 2.20. The van der Waals surface area contributed by atoms with Crippen molar-refractivity contribution in [2.75, 3.05) is 5.32 Å². The van der Waals surface area contributed by atoms with E-state index in [2.05, 4.69) is 72.5 Å². The fourth-order valence-electron chi connectivity index (χ4n) is 2.97. The second-order valence-corrected chi connectivity index (χ2v) is 5.85. The van der Waals surface area contributed by atoms with Crippen LogP contribution in [-0.4, -0.2) is 0 Å². The van der Waals surface area contributed by atoms with Crippen molar-refractivity contribution < 1.29 is 0 Å². The van der Waals surface area contributed by atoms with Crippen molar-refractivity contribution >= 4 is 24.0 Å². The molecule has 0 bridgehead atoms. The van der Waals surface area contributed by atoms with E-state index in [-0.39, 0.29) is 0 Å². The van der Waals surface area contributed by atoms with E-state index in [4.69, 9.17) is 0 Å². The zero-order valence-corrected chi connectivity index (χ0v) is 12.4. The summed E-state index contributed by atoms with van der Waals surface area (Å²) in [6.07, 6.45) is 0.999. The minimum absolute atomic E-state index is 0.978. The zero-order chi connectivity index (χ0) is 14.2. The van der Waals surface area contributed by atoms with E-state index >= 15 is 0 Å². The van der Waals surface area contributed by atoms with E-state index in [0.717, 1.165) is 17.0 Å². The summed E-state index contributed by atoms with van der Waals surface area (Å²) in [5, 5.41) is 3.53. The Labute approximate surface area is 130 Å². The van der Waals surface area contributed by atoms with Crippen molar-refractivity contribution in [1.82, 2.24) is 0 Å². The standard InChI is InChI=1S/C19H15NS/c21-15-10-8-14(9-11-15)20-19-7-3-6-17-16-5-2-1-4-13(16)12-18(17)19/h1-11,20-21H,12H2. The number of hydrogen-bond donors (Lipinski definition) is 2. The Balaban J connectivity index is 1.74. The van der Waals surface area contributed by atoms with Crippen molar-refractivity contribution in [3.8, 4) is 11.1 Å².